The van der Waals surface area contributed by atoms with Crippen LogP contribution in [0.3, 0.4) is 0 Å². The number of fused-ring (bicyclic) bond motifs is 3. The second-order valence-electron chi connectivity index (χ2n) is 10.2. The Morgan fingerprint density at radius 3 is 2.57 bits per heavy atom. The molecule has 7 rings (SSSR count). The third-order valence-electron chi connectivity index (χ3n) is 7.65. The highest BCUT2D eigenvalue weighted by Crippen LogP contribution is 2.41. The monoisotopic (exact) mass is 716 g/mol. The summed E-state index contributed by atoms with van der Waals surface area (Å²) in [5.74, 6) is 0.704. The van der Waals surface area contributed by atoms with Crippen molar-refractivity contribution in [2.45, 2.75) is 25.5 Å². The maximum atomic E-state index is 14.0. The number of nitrogens with zero attached hydrogens (tertiary/aromatic N) is 2. The molecule has 0 radical (unpaired) electrons. The lowest BCUT2D eigenvalue weighted by Gasteiger charge is -2.30. The molecule has 0 unspecified atom stereocenters. The van der Waals surface area contributed by atoms with Crippen molar-refractivity contribution in [2.75, 3.05) is 0 Å². The number of hydrogen-bond donors (Lipinski definition) is 0. The first kappa shape index (κ1) is 27.6. The van der Waals surface area contributed by atoms with Crippen molar-refractivity contribution in [3.63, 3.8) is 0 Å². The molecule has 208 valence electrons. The van der Waals surface area contributed by atoms with Gasteiger partial charge in [-0.1, -0.05) is 99.5 Å². The summed E-state index contributed by atoms with van der Waals surface area (Å²) in [6.07, 6.45) is 3.73. The molecule has 0 saturated carbocycles. The van der Waals surface area contributed by atoms with E-state index >= 15 is 0 Å². The molecule has 0 fully saturated rings. The number of benzene rings is 4. The number of allylic oxidation sites excluding steroid dienone is 1. The quantitative estimate of drug-likeness (QED) is 0.185. The molecule has 1 aliphatic heterocycles. The van der Waals surface area contributed by atoms with Crippen LogP contribution in [0.4, 0.5) is 0 Å². The molecule has 0 bridgehead atoms. The van der Waals surface area contributed by atoms with Crippen molar-refractivity contribution >= 4 is 66.6 Å². The van der Waals surface area contributed by atoms with Gasteiger partial charge in [0, 0.05) is 20.6 Å². The van der Waals surface area contributed by atoms with Gasteiger partial charge in [-0.2, -0.15) is 0 Å². The molecule has 42 heavy (non-hydrogen) atoms. The van der Waals surface area contributed by atoms with Crippen molar-refractivity contribution < 1.29 is 4.74 Å². The van der Waals surface area contributed by atoms with Crippen LogP contribution in [0, 0.1) is 0 Å². The molecule has 4 aromatic carbocycles. The summed E-state index contributed by atoms with van der Waals surface area (Å²) < 4.78 is 10.3. The lowest BCUT2D eigenvalue weighted by Crippen LogP contribution is -2.38. The SMILES string of the molecule is O=c1/c(=C/c2ccc(OCc3ccccc3Cl)c(Br)c2)sc2n1[C@H](c1ccc(Br)cc1)C1=C(N=2)c2ccccc2CC1. The van der Waals surface area contributed by atoms with Crippen LogP contribution in [-0.4, -0.2) is 4.57 Å². The van der Waals surface area contributed by atoms with Crippen LogP contribution >= 0.6 is 54.8 Å². The highest BCUT2D eigenvalue weighted by Gasteiger charge is 2.32. The first-order chi connectivity index (χ1) is 20.5. The fraction of sp³-hybridized carbons (Fsp3) is 0.118. The molecular formula is C34H23Br2ClN2O2S. The topological polar surface area (TPSA) is 43.6 Å². The van der Waals surface area contributed by atoms with E-state index in [9.17, 15) is 4.79 Å². The molecule has 1 aliphatic carbocycles. The zero-order chi connectivity index (χ0) is 28.8. The number of halogens is 3. The lowest BCUT2D eigenvalue weighted by molar-refractivity contribution is 0.304. The van der Waals surface area contributed by atoms with Gasteiger partial charge in [-0.25, -0.2) is 4.99 Å². The first-order valence-electron chi connectivity index (χ1n) is 13.5. The minimum atomic E-state index is -0.202. The van der Waals surface area contributed by atoms with Crippen molar-refractivity contribution in [3.05, 3.63) is 158 Å². The van der Waals surface area contributed by atoms with Gasteiger partial charge in [0.1, 0.15) is 12.4 Å². The molecule has 0 saturated heterocycles. The van der Waals surface area contributed by atoms with E-state index in [1.54, 1.807) is 0 Å². The van der Waals surface area contributed by atoms with Crippen LogP contribution in [0.2, 0.25) is 5.02 Å². The zero-order valence-electron chi connectivity index (χ0n) is 22.2. The molecule has 0 amide bonds. The second kappa shape index (κ2) is 11.5. The van der Waals surface area contributed by atoms with Crippen molar-refractivity contribution in [1.82, 2.24) is 4.57 Å². The van der Waals surface area contributed by atoms with E-state index in [2.05, 4.69) is 68.3 Å². The fourth-order valence-corrected chi connectivity index (χ4v) is 7.58. The van der Waals surface area contributed by atoms with Crippen molar-refractivity contribution in [3.8, 4) is 5.75 Å². The third kappa shape index (κ3) is 5.13. The van der Waals surface area contributed by atoms with E-state index in [0.717, 1.165) is 49.7 Å². The van der Waals surface area contributed by atoms with E-state index in [-0.39, 0.29) is 11.6 Å². The number of hydrogen-bond acceptors (Lipinski definition) is 4. The van der Waals surface area contributed by atoms with E-state index < -0.39 is 0 Å². The van der Waals surface area contributed by atoms with Crippen LogP contribution < -0.4 is 19.6 Å². The van der Waals surface area contributed by atoms with E-state index in [0.29, 0.717) is 26.7 Å². The highest BCUT2D eigenvalue weighted by molar-refractivity contribution is 9.10. The summed E-state index contributed by atoms with van der Waals surface area (Å²) in [7, 11) is 0. The molecule has 8 heteroatoms. The molecule has 0 N–H and O–H groups in total. The van der Waals surface area contributed by atoms with Crippen LogP contribution in [0.15, 0.2) is 115 Å². The maximum Gasteiger partial charge on any atom is 0.271 e. The van der Waals surface area contributed by atoms with Gasteiger partial charge in [-0.15, -0.1) is 0 Å². The Balaban J connectivity index is 1.29. The van der Waals surface area contributed by atoms with Crippen molar-refractivity contribution in [2.24, 2.45) is 4.99 Å². The number of ether oxygens (including phenoxy) is 1. The highest BCUT2D eigenvalue weighted by atomic mass is 79.9. The van der Waals surface area contributed by atoms with Gasteiger partial charge in [0.15, 0.2) is 4.80 Å². The summed E-state index contributed by atoms with van der Waals surface area (Å²) in [6.45, 7) is 0.361. The van der Waals surface area contributed by atoms with E-state index in [1.807, 2.05) is 65.2 Å². The minimum Gasteiger partial charge on any atom is -0.488 e. The minimum absolute atomic E-state index is 0.0350. The molecular weight excluding hydrogens is 696 g/mol. The Labute approximate surface area is 268 Å². The third-order valence-corrected chi connectivity index (χ3v) is 10.2. The van der Waals surface area contributed by atoms with Gasteiger partial charge in [0.25, 0.3) is 5.56 Å². The van der Waals surface area contributed by atoms with Gasteiger partial charge < -0.3 is 4.74 Å². The Morgan fingerprint density at radius 2 is 1.76 bits per heavy atom. The average Bonchev–Trinajstić information content (AvgIpc) is 3.31. The maximum absolute atomic E-state index is 14.0. The predicted molar refractivity (Wildman–Crippen MR) is 177 cm³/mol. The van der Waals surface area contributed by atoms with E-state index in [1.165, 1.54) is 22.5 Å². The number of aryl methyl sites for hydroxylation is 1. The van der Waals surface area contributed by atoms with Gasteiger partial charge in [0.2, 0.25) is 0 Å². The Morgan fingerprint density at radius 1 is 0.976 bits per heavy atom. The number of rotatable bonds is 5. The van der Waals surface area contributed by atoms with Crippen LogP contribution in [-0.2, 0) is 13.0 Å². The Kier molecular flexibility index (Phi) is 7.53. The normalized spacial score (nSPS) is 16.0. The predicted octanol–water partition coefficient (Wildman–Crippen LogP) is 8.08. The van der Waals surface area contributed by atoms with Gasteiger partial charge >= 0.3 is 0 Å². The molecule has 5 aromatic rings. The summed E-state index contributed by atoms with van der Waals surface area (Å²) in [6, 6.07) is 30.0. The second-order valence-corrected chi connectivity index (χ2v) is 13.4. The molecule has 4 nitrogen and oxygen atoms in total. The number of thiazole rings is 1. The molecule has 2 heterocycles. The van der Waals surface area contributed by atoms with Gasteiger partial charge in [-0.3, -0.25) is 9.36 Å². The van der Waals surface area contributed by atoms with Gasteiger partial charge in [-0.05, 0) is 87.4 Å². The summed E-state index contributed by atoms with van der Waals surface area (Å²) in [5.41, 5.74) is 7.51. The standard InChI is InChI=1S/C34H23Br2ClN2O2S/c35-24-13-10-22(11-14-24)32-26-15-12-21-5-1-3-7-25(21)31(26)38-34-39(32)33(40)30(42-34)18-20-9-16-29(27(36)17-20)41-19-23-6-2-4-8-28(23)37/h1-11,13-14,16-18,32H,12,15,19H2/b30-18-/t32-/m1/s1. The van der Waals surface area contributed by atoms with Crippen LogP contribution in [0.25, 0.3) is 11.8 Å². The molecule has 2 aliphatic rings. The fourth-order valence-electron chi connectivity index (χ4n) is 5.61. The smallest absolute Gasteiger partial charge is 0.271 e. The van der Waals surface area contributed by atoms with E-state index in [4.69, 9.17) is 21.3 Å². The Hall–Kier alpha value is -3.23. The van der Waals surface area contributed by atoms with Crippen LogP contribution in [0.1, 0.15) is 40.3 Å². The number of aromatic nitrogens is 1. The zero-order valence-corrected chi connectivity index (χ0v) is 26.9. The molecule has 1 aromatic heterocycles. The molecule has 1 atom stereocenters. The summed E-state index contributed by atoms with van der Waals surface area (Å²) in [4.78, 5) is 19.9. The summed E-state index contributed by atoms with van der Waals surface area (Å²) in [5, 5.41) is 0.673. The average molecular weight is 719 g/mol. The summed E-state index contributed by atoms with van der Waals surface area (Å²) >= 11 is 14.9. The van der Waals surface area contributed by atoms with Crippen LogP contribution in [0.5, 0.6) is 5.75 Å². The largest absolute Gasteiger partial charge is 0.488 e. The Bertz CT molecular complexity index is 2060. The van der Waals surface area contributed by atoms with Crippen molar-refractivity contribution in [1.29, 1.82) is 0 Å². The lowest BCUT2D eigenvalue weighted by atomic mass is 9.83. The first-order valence-corrected chi connectivity index (χ1v) is 16.3. The van der Waals surface area contributed by atoms with Gasteiger partial charge in [0.05, 0.1) is 20.7 Å². The molecule has 0 spiro atoms.